The van der Waals surface area contributed by atoms with Gasteiger partial charge in [0.2, 0.25) is 0 Å². The Labute approximate surface area is 158 Å². The number of likely N-dealkylation sites (N-methyl/N-ethyl adjacent to an activating group) is 1. The molecule has 0 bridgehead atoms. The lowest BCUT2D eigenvalue weighted by Crippen LogP contribution is -2.35. The van der Waals surface area contributed by atoms with Gasteiger partial charge in [0.1, 0.15) is 0 Å². The topological polar surface area (TPSA) is 63.6 Å². The van der Waals surface area contributed by atoms with Gasteiger partial charge in [-0.25, -0.2) is 0 Å². The molecule has 1 N–H and O–H groups in total. The first-order chi connectivity index (χ1) is 12.4. The number of carbonyl (C=O) groups is 1. The predicted molar refractivity (Wildman–Crippen MR) is 103 cm³/mol. The Kier molecular flexibility index (Phi) is 7.38. The average molecular weight is 378 g/mol. The summed E-state index contributed by atoms with van der Waals surface area (Å²) < 4.78 is 6.46. The molecule has 140 valence electrons. The third-order valence-electron chi connectivity index (χ3n) is 4.12. The van der Waals surface area contributed by atoms with Gasteiger partial charge in [-0.1, -0.05) is 23.7 Å². The van der Waals surface area contributed by atoms with Crippen LogP contribution in [0.2, 0.25) is 5.02 Å². The quantitative estimate of drug-likeness (QED) is 0.765. The molecular weight excluding hydrogens is 354 g/mol. The van der Waals surface area contributed by atoms with Crippen molar-refractivity contribution in [2.45, 2.75) is 12.6 Å². The van der Waals surface area contributed by atoms with Crippen molar-refractivity contribution in [3.8, 4) is 0 Å². The van der Waals surface area contributed by atoms with E-state index in [-0.39, 0.29) is 17.5 Å². The molecule has 6 nitrogen and oxygen atoms in total. The smallest absolute Gasteiger partial charge is 0.252 e. The second-order valence-corrected chi connectivity index (χ2v) is 6.62. The van der Waals surface area contributed by atoms with E-state index >= 15 is 0 Å². The summed E-state index contributed by atoms with van der Waals surface area (Å²) in [6, 6.07) is 10.5. The zero-order valence-corrected chi connectivity index (χ0v) is 16.0. The molecule has 26 heavy (non-hydrogen) atoms. The standard InChI is InChI=1S/C19H24ClN3O3/c1-22(2)17(14-4-7-16(20)8-5-14)12-21-19(25)15-6-9-18(24)23(13-15)10-11-26-3/h4-9,13,17H,10-12H2,1-3H3,(H,21,25)/t17-/m1/s1. The van der Waals surface area contributed by atoms with Gasteiger partial charge in [-0.15, -0.1) is 0 Å². The maximum atomic E-state index is 12.5. The number of carbonyl (C=O) groups excluding carboxylic acids is 1. The minimum absolute atomic E-state index is 0.00983. The summed E-state index contributed by atoms with van der Waals surface area (Å²) in [6.07, 6.45) is 1.56. The predicted octanol–water partition coefficient (Wildman–Crippen LogP) is 2.18. The number of nitrogens with zero attached hydrogens (tertiary/aromatic N) is 2. The van der Waals surface area contributed by atoms with Crippen LogP contribution in [-0.2, 0) is 11.3 Å². The summed E-state index contributed by atoms with van der Waals surface area (Å²) in [7, 11) is 5.48. The maximum Gasteiger partial charge on any atom is 0.252 e. The summed E-state index contributed by atoms with van der Waals surface area (Å²) in [6.45, 7) is 1.25. The van der Waals surface area contributed by atoms with E-state index in [1.54, 1.807) is 13.3 Å². The Bertz CT molecular complexity index is 787. The van der Waals surface area contributed by atoms with Crippen LogP contribution in [0, 0.1) is 0 Å². The maximum absolute atomic E-state index is 12.5. The fourth-order valence-electron chi connectivity index (χ4n) is 2.60. The van der Waals surface area contributed by atoms with Crippen LogP contribution >= 0.6 is 11.6 Å². The fraction of sp³-hybridized carbons (Fsp3) is 0.368. The fourth-order valence-corrected chi connectivity index (χ4v) is 2.73. The van der Waals surface area contributed by atoms with Gasteiger partial charge in [-0.05, 0) is 37.9 Å². The van der Waals surface area contributed by atoms with Gasteiger partial charge in [-0.2, -0.15) is 0 Å². The highest BCUT2D eigenvalue weighted by atomic mass is 35.5. The van der Waals surface area contributed by atoms with Crippen LogP contribution in [0.25, 0.3) is 0 Å². The van der Waals surface area contributed by atoms with Crippen LogP contribution in [0.3, 0.4) is 0 Å². The molecule has 0 fully saturated rings. The monoisotopic (exact) mass is 377 g/mol. The molecule has 1 atom stereocenters. The number of nitrogens with one attached hydrogen (secondary N) is 1. The van der Waals surface area contributed by atoms with E-state index in [1.807, 2.05) is 43.3 Å². The van der Waals surface area contributed by atoms with Gasteiger partial charge in [0.25, 0.3) is 11.5 Å². The lowest BCUT2D eigenvalue weighted by atomic mass is 10.1. The Morgan fingerprint density at radius 3 is 2.54 bits per heavy atom. The van der Waals surface area contributed by atoms with E-state index in [2.05, 4.69) is 5.32 Å². The summed E-state index contributed by atoms with van der Waals surface area (Å²) in [5.41, 5.74) is 1.34. The molecule has 1 aromatic carbocycles. The highest BCUT2D eigenvalue weighted by molar-refractivity contribution is 6.30. The molecule has 0 saturated heterocycles. The van der Waals surface area contributed by atoms with Crippen molar-refractivity contribution in [1.29, 1.82) is 0 Å². The lowest BCUT2D eigenvalue weighted by Gasteiger charge is -2.25. The van der Waals surface area contributed by atoms with Crippen molar-refractivity contribution in [1.82, 2.24) is 14.8 Å². The Morgan fingerprint density at radius 1 is 1.23 bits per heavy atom. The summed E-state index contributed by atoms with van der Waals surface area (Å²) in [5.74, 6) is -0.225. The first-order valence-corrected chi connectivity index (χ1v) is 8.69. The molecule has 2 aromatic rings. The SMILES string of the molecule is COCCn1cc(C(=O)NC[C@H](c2ccc(Cl)cc2)N(C)C)ccc1=O. The third-order valence-corrected chi connectivity index (χ3v) is 4.37. The van der Waals surface area contributed by atoms with E-state index in [0.717, 1.165) is 5.56 Å². The van der Waals surface area contributed by atoms with Gasteiger partial charge < -0.3 is 19.5 Å². The van der Waals surface area contributed by atoms with Crippen LogP contribution in [0.4, 0.5) is 0 Å². The molecule has 0 saturated carbocycles. The largest absolute Gasteiger partial charge is 0.383 e. The second-order valence-electron chi connectivity index (χ2n) is 6.18. The second kappa shape index (κ2) is 9.52. The summed E-state index contributed by atoms with van der Waals surface area (Å²) in [4.78, 5) is 26.4. The van der Waals surface area contributed by atoms with Crippen molar-refractivity contribution >= 4 is 17.5 Å². The minimum Gasteiger partial charge on any atom is -0.383 e. The van der Waals surface area contributed by atoms with Crippen LogP contribution < -0.4 is 10.9 Å². The average Bonchev–Trinajstić information content (AvgIpc) is 2.62. The number of methoxy groups -OCH3 is 1. The molecule has 0 aliphatic rings. The summed E-state index contributed by atoms with van der Waals surface area (Å²) >= 11 is 5.95. The molecule has 1 heterocycles. The van der Waals surface area contributed by atoms with Crippen molar-refractivity contribution in [2.24, 2.45) is 0 Å². The number of aromatic nitrogens is 1. The van der Waals surface area contributed by atoms with E-state index in [0.29, 0.717) is 30.3 Å². The molecule has 1 aromatic heterocycles. The van der Waals surface area contributed by atoms with E-state index < -0.39 is 0 Å². The van der Waals surface area contributed by atoms with Gasteiger partial charge >= 0.3 is 0 Å². The van der Waals surface area contributed by atoms with Gasteiger partial charge in [0.15, 0.2) is 0 Å². The number of halogens is 1. The number of ether oxygens (including phenoxy) is 1. The van der Waals surface area contributed by atoms with Crippen molar-refractivity contribution < 1.29 is 9.53 Å². The number of hydrogen-bond donors (Lipinski definition) is 1. The normalized spacial score (nSPS) is 12.2. The molecular formula is C19H24ClN3O3. The minimum atomic E-state index is -0.225. The molecule has 0 aliphatic heterocycles. The lowest BCUT2D eigenvalue weighted by molar-refractivity contribution is 0.0940. The number of benzene rings is 1. The summed E-state index contributed by atoms with van der Waals surface area (Å²) in [5, 5.41) is 3.61. The number of amides is 1. The molecule has 0 spiro atoms. The van der Waals surface area contributed by atoms with Crippen molar-refractivity contribution in [3.63, 3.8) is 0 Å². The van der Waals surface area contributed by atoms with Crippen LogP contribution in [0.1, 0.15) is 22.0 Å². The number of pyridine rings is 1. The van der Waals surface area contributed by atoms with Crippen LogP contribution in [0.5, 0.6) is 0 Å². The van der Waals surface area contributed by atoms with Crippen molar-refractivity contribution in [2.75, 3.05) is 34.4 Å². The molecule has 7 heteroatoms. The highest BCUT2D eigenvalue weighted by Crippen LogP contribution is 2.19. The van der Waals surface area contributed by atoms with Gasteiger partial charge in [-0.3, -0.25) is 9.59 Å². The van der Waals surface area contributed by atoms with Crippen LogP contribution in [0.15, 0.2) is 47.4 Å². The Hall–Kier alpha value is -2.15. The van der Waals surface area contributed by atoms with Gasteiger partial charge in [0.05, 0.1) is 18.2 Å². The molecule has 1 amide bonds. The number of rotatable bonds is 8. The third kappa shape index (κ3) is 5.42. The molecule has 2 rings (SSSR count). The first-order valence-electron chi connectivity index (χ1n) is 8.32. The first kappa shape index (κ1) is 20.2. The van der Waals surface area contributed by atoms with E-state index in [1.165, 1.54) is 16.7 Å². The zero-order valence-electron chi connectivity index (χ0n) is 15.2. The molecule has 0 unspecified atom stereocenters. The Balaban J connectivity index is 2.08. The van der Waals surface area contributed by atoms with E-state index in [4.69, 9.17) is 16.3 Å². The van der Waals surface area contributed by atoms with Gasteiger partial charge in [0, 0.05) is 37.5 Å². The van der Waals surface area contributed by atoms with Crippen molar-refractivity contribution in [3.05, 3.63) is 69.1 Å². The molecule has 0 radical (unpaired) electrons. The highest BCUT2D eigenvalue weighted by Gasteiger charge is 2.16. The molecule has 0 aliphatic carbocycles. The van der Waals surface area contributed by atoms with Crippen LogP contribution in [-0.4, -0.2) is 49.7 Å². The van der Waals surface area contributed by atoms with E-state index in [9.17, 15) is 9.59 Å². The number of hydrogen-bond acceptors (Lipinski definition) is 4. The zero-order chi connectivity index (χ0) is 19.1. The Morgan fingerprint density at radius 2 is 1.92 bits per heavy atom.